The van der Waals surface area contributed by atoms with Crippen molar-refractivity contribution in [3.63, 3.8) is 0 Å². The maximum Gasteiger partial charge on any atom is 0.317 e. The van der Waals surface area contributed by atoms with E-state index in [1.54, 1.807) is 9.80 Å². The SMILES string of the molecule is CC(C)(C)NC(=O)N1CCN(C(=O)CCOc2ccccc2)CC1. The van der Waals surface area contributed by atoms with E-state index in [0.29, 0.717) is 39.2 Å². The Morgan fingerprint density at radius 1 is 1.04 bits per heavy atom. The second-order valence-corrected chi connectivity index (χ2v) is 6.96. The van der Waals surface area contributed by atoms with Crippen LogP contribution in [0.15, 0.2) is 30.3 Å². The zero-order valence-electron chi connectivity index (χ0n) is 14.7. The van der Waals surface area contributed by atoms with Gasteiger partial charge in [0.1, 0.15) is 5.75 Å². The summed E-state index contributed by atoms with van der Waals surface area (Å²) in [5.74, 6) is 0.843. The van der Waals surface area contributed by atoms with Crippen molar-refractivity contribution in [1.82, 2.24) is 15.1 Å². The van der Waals surface area contributed by atoms with Crippen LogP contribution < -0.4 is 10.1 Å². The van der Waals surface area contributed by atoms with E-state index in [1.165, 1.54) is 0 Å². The van der Waals surface area contributed by atoms with Crippen LogP contribution in [-0.2, 0) is 4.79 Å². The molecule has 1 heterocycles. The first kappa shape index (κ1) is 18.1. The van der Waals surface area contributed by atoms with Gasteiger partial charge in [-0.2, -0.15) is 0 Å². The maximum absolute atomic E-state index is 12.2. The molecular formula is C18H27N3O3. The molecule has 1 aromatic carbocycles. The third-order valence-electron chi connectivity index (χ3n) is 3.73. The molecule has 1 N–H and O–H groups in total. The Balaban J connectivity index is 1.70. The summed E-state index contributed by atoms with van der Waals surface area (Å²) in [5.41, 5.74) is -0.251. The number of amides is 3. The minimum absolute atomic E-state index is 0.0676. The highest BCUT2D eigenvalue weighted by atomic mass is 16.5. The van der Waals surface area contributed by atoms with E-state index in [-0.39, 0.29) is 17.5 Å². The van der Waals surface area contributed by atoms with Gasteiger partial charge in [-0.05, 0) is 32.9 Å². The van der Waals surface area contributed by atoms with E-state index in [4.69, 9.17) is 4.74 Å². The van der Waals surface area contributed by atoms with Crippen LogP contribution in [0.1, 0.15) is 27.2 Å². The minimum atomic E-state index is -0.251. The first-order chi connectivity index (χ1) is 11.3. The lowest BCUT2D eigenvalue weighted by Crippen LogP contribution is -2.56. The fourth-order valence-electron chi connectivity index (χ4n) is 2.49. The molecule has 1 fully saturated rings. The number of hydrogen-bond acceptors (Lipinski definition) is 3. The number of nitrogens with one attached hydrogen (secondary N) is 1. The minimum Gasteiger partial charge on any atom is -0.493 e. The molecule has 0 aromatic heterocycles. The van der Waals surface area contributed by atoms with Crippen LogP contribution in [0.2, 0.25) is 0 Å². The molecule has 2 rings (SSSR count). The molecule has 1 aromatic rings. The largest absolute Gasteiger partial charge is 0.493 e. The second-order valence-electron chi connectivity index (χ2n) is 6.96. The van der Waals surface area contributed by atoms with Crippen molar-refractivity contribution in [1.29, 1.82) is 0 Å². The Morgan fingerprint density at radius 3 is 2.21 bits per heavy atom. The van der Waals surface area contributed by atoms with Crippen molar-refractivity contribution in [3.8, 4) is 5.75 Å². The number of para-hydroxylation sites is 1. The Labute approximate surface area is 143 Å². The number of nitrogens with zero attached hydrogens (tertiary/aromatic N) is 2. The quantitative estimate of drug-likeness (QED) is 0.918. The second kappa shape index (κ2) is 8.04. The van der Waals surface area contributed by atoms with Crippen LogP contribution in [0.25, 0.3) is 0 Å². The van der Waals surface area contributed by atoms with Crippen LogP contribution in [0.5, 0.6) is 5.75 Å². The van der Waals surface area contributed by atoms with Gasteiger partial charge < -0.3 is 19.9 Å². The van der Waals surface area contributed by atoms with E-state index in [2.05, 4.69) is 5.32 Å². The van der Waals surface area contributed by atoms with Crippen molar-refractivity contribution in [2.45, 2.75) is 32.7 Å². The lowest BCUT2D eigenvalue weighted by atomic mass is 10.1. The molecule has 0 saturated carbocycles. The summed E-state index contributed by atoms with van der Waals surface area (Å²) in [6.07, 6.45) is 0.350. The molecule has 132 valence electrons. The molecule has 0 spiro atoms. The van der Waals surface area contributed by atoms with E-state index in [9.17, 15) is 9.59 Å². The lowest BCUT2D eigenvalue weighted by molar-refractivity contribution is -0.133. The molecule has 6 nitrogen and oxygen atoms in total. The van der Waals surface area contributed by atoms with Gasteiger partial charge in [0.25, 0.3) is 0 Å². The number of urea groups is 1. The topological polar surface area (TPSA) is 61.9 Å². The highest BCUT2D eigenvalue weighted by molar-refractivity contribution is 5.78. The number of carbonyl (C=O) groups excluding carboxylic acids is 2. The first-order valence-corrected chi connectivity index (χ1v) is 8.38. The van der Waals surface area contributed by atoms with Crippen LogP contribution in [0.4, 0.5) is 4.79 Å². The van der Waals surface area contributed by atoms with Gasteiger partial charge in [0.15, 0.2) is 0 Å². The molecule has 1 aliphatic rings. The molecule has 1 saturated heterocycles. The van der Waals surface area contributed by atoms with Gasteiger partial charge >= 0.3 is 6.03 Å². The van der Waals surface area contributed by atoms with Crippen LogP contribution in [0, 0.1) is 0 Å². The molecule has 24 heavy (non-hydrogen) atoms. The zero-order chi connectivity index (χ0) is 17.6. The molecule has 6 heteroatoms. The number of carbonyl (C=O) groups is 2. The molecule has 0 atom stereocenters. The average molecular weight is 333 g/mol. The third kappa shape index (κ3) is 5.76. The summed E-state index contributed by atoms with van der Waals surface area (Å²) in [6, 6.07) is 9.40. The van der Waals surface area contributed by atoms with E-state index < -0.39 is 0 Å². The van der Waals surface area contributed by atoms with Crippen LogP contribution >= 0.6 is 0 Å². The summed E-state index contributed by atoms with van der Waals surface area (Å²) < 4.78 is 5.56. The van der Waals surface area contributed by atoms with Crippen molar-refractivity contribution >= 4 is 11.9 Å². The fourth-order valence-corrected chi connectivity index (χ4v) is 2.49. The number of ether oxygens (including phenoxy) is 1. The Kier molecular flexibility index (Phi) is 6.06. The predicted octanol–water partition coefficient (Wildman–Crippen LogP) is 2.11. The van der Waals surface area contributed by atoms with Gasteiger partial charge in [0.05, 0.1) is 13.0 Å². The van der Waals surface area contributed by atoms with E-state index in [0.717, 1.165) is 5.75 Å². The molecule has 0 radical (unpaired) electrons. The number of rotatable bonds is 4. The number of benzene rings is 1. The smallest absolute Gasteiger partial charge is 0.317 e. The molecule has 1 aliphatic heterocycles. The molecule has 3 amide bonds. The normalized spacial score (nSPS) is 15.1. The van der Waals surface area contributed by atoms with E-state index >= 15 is 0 Å². The molecule has 0 unspecified atom stereocenters. The molecule has 0 aliphatic carbocycles. The van der Waals surface area contributed by atoms with Gasteiger partial charge in [-0.25, -0.2) is 4.79 Å². The van der Waals surface area contributed by atoms with Crippen molar-refractivity contribution in [2.24, 2.45) is 0 Å². The summed E-state index contributed by atoms with van der Waals surface area (Å²) in [6.45, 7) is 8.50. The highest BCUT2D eigenvalue weighted by Gasteiger charge is 2.25. The van der Waals surface area contributed by atoms with Gasteiger partial charge in [-0.3, -0.25) is 4.79 Å². The average Bonchev–Trinajstić information content (AvgIpc) is 2.54. The third-order valence-corrected chi connectivity index (χ3v) is 3.73. The maximum atomic E-state index is 12.2. The van der Waals surface area contributed by atoms with Crippen LogP contribution in [-0.4, -0.2) is 60.1 Å². The fraction of sp³-hybridized carbons (Fsp3) is 0.556. The Morgan fingerprint density at radius 2 is 1.62 bits per heavy atom. The van der Waals surface area contributed by atoms with Crippen LogP contribution in [0.3, 0.4) is 0 Å². The standard InChI is InChI=1S/C18H27N3O3/c1-18(2,3)19-17(23)21-12-10-20(11-13-21)16(22)9-14-24-15-7-5-4-6-8-15/h4-8H,9-14H2,1-3H3,(H,19,23). The van der Waals surface area contributed by atoms with Gasteiger partial charge in [0, 0.05) is 31.7 Å². The zero-order valence-corrected chi connectivity index (χ0v) is 14.7. The Hall–Kier alpha value is -2.24. The first-order valence-electron chi connectivity index (χ1n) is 8.38. The van der Waals surface area contributed by atoms with Gasteiger partial charge in [-0.1, -0.05) is 18.2 Å². The summed E-state index contributed by atoms with van der Waals surface area (Å²) in [7, 11) is 0. The summed E-state index contributed by atoms with van der Waals surface area (Å²) >= 11 is 0. The van der Waals surface area contributed by atoms with Gasteiger partial charge in [0.2, 0.25) is 5.91 Å². The van der Waals surface area contributed by atoms with Crippen molar-refractivity contribution in [2.75, 3.05) is 32.8 Å². The summed E-state index contributed by atoms with van der Waals surface area (Å²) in [4.78, 5) is 27.9. The van der Waals surface area contributed by atoms with E-state index in [1.807, 2.05) is 51.1 Å². The van der Waals surface area contributed by atoms with Crippen molar-refractivity contribution in [3.05, 3.63) is 30.3 Å². The Bertz CT molecular complexity index is 546. The van der Waals surface area contributed by atoms with Gasteiger partial charge in [-0.15, -0.1) is 0 Å². The summed E-state index contributed by atoms with van der Waals surface area (Å²) in [5, 5.41) is 2.95. The number of hydrogen-bond donors (Lipinski definition) is 1. The predicted molar refractivity (Wildman–Crippen MR) is 93.0 cm³/mol. The van der Waals surface area contributed by atoms with Crippen molar-refractivity contribution < 1.29 is 14.3 Å². The lowest BCUT2D eigenvalue weighted by Gasteiger charge is -2.36. The molecular weight excluding hydrogens is 306 g/mol. The molecule has 0 bridgehead atoms. The monoisotopic (exact) mass is 333 g/mol. The number of piperazine rings is 1. The highest BCUT2D eigenvalue weighted by Crippen LogP contribution is 2.10.